The van der Waals surface area contributed by atoms with Gasteiger partial charge in [0.25, 0.3) is 5.91 Å². The summed E-state index contributed by atoms with van der Waals surface area (Å²) < 4.78 is 5.53. The SMILES string of the molecule is CCCCCC(=O)N[C@@H](CNC(=O)c1ccc(OCCNC2=NCCN2)cc1O)C(=O)O. The van der Waals surface area contributed by atoms with Crippen LogP contribution in [0.2, 0.25) is 0 Å². The Morgan fingerprint density at radius 3 is 2.75 bits per heavy atom. The molecule has 0 aromatic heterocycles. The number of carbonyl (C=O) groups excluding carboxylic acids is 2. The van der Waals surface area contributed by atoms with Crippen LogP contribution in [0.4, 0.5) is 0 Å². The number of hydrogen-bond donors (Lipinski definition) is 6. The summed E-state index contributed by atoms with van der Waals surface area (Å²) in [4.78, 5) is 39.8. The van der Waals surface area contributed by atoms with E-state index in [9.17, 15) is 24.6 Å². The van der Waals surface area contributed by atoms with Gasteiger partial charge in [0.05, 0.1) is 18.7 Å². The van der Waals surface area contributed by atoms with Crippen molar-refractivity contribution in [2.24, 2.45) is 4.99 Å². The van der Waals surface area contributed by atoms with Crippen LogP contribution in [0, 0.1) is 0 Å². The molecule has 1 aliphatic heterocycles. The number of carboxylic acid groups (broad SMARTS) is 1. The van der Waals surface area contributed by atoms with E-state index in [1.165, 1.54) is 18.2 Å². The Hall–Kier alpha value is -3.50. The summed E-state index contributed by atoms with van der Waals surface area (Å²) in [5.41, 5.74) is -0.0293. The summed E-state index contributed by atoms with van der Waals surface area (Å²) >= 11 is 0. The summed E-state index contributed by atoms with van der Waals surface area (Å²) in [5, 5.41) is 30.4. The number of aromatic hydroxyl groups is 1. The number of aliphatic carboxylic acids is 1. The zero-order valence-corrected chi connectivity index (χ0v) is 18.1. The van der Waals surface area contributed by atoms with Gasteiger partial charge in [-0.1, -0.05) is 19.8 Å². The number of nitrogens with zero attached hydrogens (tertiary/aromatic N) is 1. The van der Waals surface area contributed by atoms with Crippen molar-refractivity contribution in [3.63, 3.8) is 0 Å². The summed E-state index contributed by atoms with van der Waals surface area (Å²) in [6, 6.07) is 2.97. The minimum Gasteiger partial charge on any atom is -0.507 e. The second kappa shape index (κ2) is 13.0. The first kappa shape index (κ1) is 24.8. The van der Waals surface area contributed by atoms with Crippen LogP contribution in [-0.2, 0) is 9.59 Å². The van der Waals surface area contributed by atoms with E-state index < -0.39 is 17.9 Å². The molecule has 0 unspecified atom stereocenters. The standard InChI is InChI=1S/C21H31N5O6/c1-2-3-4-5-18(28)26-16(20(30)31)13-25-19(29)15-7-6-14(12-17(15)27)32-11-10-24-21-22-8-9-23-21/h6-7,12,16,27H,2-5,8-11,13H2,1H3,(H,25,29)(H,26,28)(H,30,31)(H2,22,23,24)/t16-/m0/s1. The molecule has 6 N–H and O–H groups in total. The molecule has 1 aliphatic rings. The van der Waals surface area contributed by atoms with Crippen molar-refractivity contribution >= 4 is 23.7 Å². The van der Waals surface area contributed by atoms with Crippen molar-refractivity contribution in [3.8, 4) is 11.5 Å². The highest BCUT2D eigenvalue weighted by Gasteiger charge is 2.21. The molecule has 1 aromatic rings. The lowest BCUT2D eigenvalue weighted by Crippen LogP contribution is -2.48. The average Bonchev–Trinajstić information content (AvgIpc) is 3.27. The van der Waals surface area contributed by atoms with Gasteiger partial charge in [0, 0.05) is 25.6 Å². The van der Waals surface area contributed by atoms with Crippen LogP contribution < -0.4 is 26.0 Å². The van der Waals surface area contributed by atoms with Crippen molar-refractivity contribution in [1.82, 2.24) is 21.3 Å². The smallest absolute Gasteiger partial charge is 0.328 e. The Morgan fingerprint density at radius 1 is 1.28 bits per heavy atom. The van der Waals surface area contributed by atoms with Crippen LogP contribution in [0.5, 0.6) is 11.5 Å². The molecule has 1 atom stereocenters. The van der Waals surface area contributed by atoms with Gasteiger partial charge in [-0.05, 0) is 18.6 Å². The van der Waals surface area contributed by atoms with E-state index in [0.717, 1.165) is 31.9 Å². The lowest BCUT2D eigenvalue weighted by molar-refractivity contribution is -0.141. The number of rotatable bonds is 13. The van der Waals surface area contributed by atoms with Crippen LogP contribution in [0.25, 0.3) is 0 Å². The van der Waals surface area contributed by atoms with Crippen molar-refractivity contribution in [2.45, 2.75) is 38.6 Å². The second-order valence-corrected chi connectivity index (χ2v) is 7.24. The van der Waals surface area contributed by atoms with Gasteiger partial charge in [0.2, 0.25) is 5.91 Å². The van der Waals surface area contributed by atoms with E-state index in [1.807, 2.05) is 6.92 Å². The fourth-order valence-corrected chi connectivity index (χ4v) is 2.94. The minimum atomic E-state index is -1.26. The number of unbranched alkanes of at least 4 members (excludes halogenated alkanes) is 2. The normalized spacial score (nSPS) is 13.5. The van der Waals surface area contributed by atoms with Gasteiger partial charge >= 0.3 is 5.97 Å². The molecule has 0 saturated heterocycles. The van der Waals surface area contributed by atoms with Crippen molar-refractivity contribution in [2.75, 3.05) is 32.8 Å². The molecule has 11 heteroatoms. The van der Waals surface area contributed by atoms with E-state index in [4.69, 9.17) is 4.74 Å². The molecule has 0 aliphatic carbocycles. The Morgan fingerprint density at radius 2 is 2.09 bits per heavy atom. The number of benzene rings is 1. The quantitative estimate of drug-likeness (QED) is 0.233. The van der Waals surface area contributed by atoms with Crippen LogP contribution in [-0.4, -0.2) is 72.8 Å². The molecule has 176 valence electrons. The molecular formula is C21H31N5O6. The van der Waals surface area contributed by atoms with E-state index in [2.05, 4.69) is 26.3 Å². The third kappa shape index (κ3) is 8.32. The van der Waals surface area contributed by atoms with Crippen LogP contribution >= 0.6 is 0 Å². The molecule has 2 rings (SSSR count). The molecule has 0 radical (unpaired) electrons. The van der Waals surface area contributed by atoms with Crippen molar-refractivity contribution < 1.29 is 29.3 Å². The molecule has 1 heterocycles. The number of carbonyl (C=O) groups is 3. The Kier molecular flexibility index (Phi) is 10.1. The third-order valence-corrected chi connectivity index (χ3v) is 4.66. The first-order valence-corrected chi connectivity index (χ1v) is 10.7. The van der Waals surface area contributed by atoms with Gasteiger partial charge in [-0.2, -0.15) is 0 Å². The van der Waals surface area contributed by atoms with Crippen LogP contribution in [0.3, 0.4) is 0 Å². The number of ether oxygens (including phenoxy) is 1. The maximum absolute atomic E-state index is 12.4. The second-order valence-electron chi connectivity index (χ2n) is 7.24. The fourth-order valence-electron chi connectivity index (χ4n) is 2.94. The maximum atomic E-state index is 12.4. The van der Waals surface area contributed by atoms with Gasteiger partial charge in [0.15, 0.2) is 5.96 Å². The molecule has 0 spiro atoms. The zero-order chi connectivity index (χ0) is 23.3. The third-order valence-electron chi connectivity index (χ3n) is 4.66. The van der Waals surface area contributed by atoms with Gasteiger partial charge in [0.1, 0.15) is 24.1 Å². The van der Waals surface area contributed by atoms with Gasteiger partial charge in [-0.25, -0.2) is 4.79 Å². The number of amides is 2. The number of carboxylic acids is 1. The van der Waals surface area contributed by atoms with Crippen molar-refractivity contribution in [3.05, 3.63) is 23.8 Å². The Bertz CT molecular complexity index is 829. The molecule has 32 heavy (non-hydrogen) atoms. The average molecular weight is 450 g/mol. The number of guanidine groups is 1. The summed E-state index contributed by atoms with van der Waals surface area (Å²) in [7, 11) is 0. The van der Waals surface area contributed by atoms with E-state index in [1.54, 1.807) is 0 Å². The van der Waals surface area contributed by atoms with Gasteiger partial charge < -0.3 is 36.2 Å². The Balaban J connectivity index is 1.80. The van der Waals surface area contributed by atoms with Gasteiger partial charge in [-0.15, -0.1) is 0 Å². The van der Waals surface area contributed by atoms with Crippen molar-refractivity contribution in [1.29, 1.82) is 0 Å². The first-order chi connectivity index (χ1) is 15.4. The summed E-state index contributed by atoms with van der Waals surface area (Å²) in [6.07, 6.45) is 2.73. The van der Waals surface area contributed by atoms with E-state index in [-0.39, 0.29) is 30.2 Å². The number of aliphatic imine (C=N–C) groups is 1. The molecule has 0 saturated carbocycles. The monoisotopic (exact) mass is 449 g/mol. The molecule has 11 nitrogen and oxygen atoms in total. The van der Waals surface area contributed by atoms with Gasteiger partial charge in [-0.3, -0.25) is 14.6 Å². The molecule has 1 aromatic carbocycles. The highest BCUT2D eigenvalue weighted by molar-refractivity contribution is 5.97. The Labute approximate surface area is 186 Å². The first-order valence-electron chi connectivity index (χ1n) is 10.7. The molecule has 2 amide bonds. The number of phenolic OH excluding ortho intramolecular Hbond substituents is 1. The number of phenols is 1. The molecule has 0 fully saturated rings. The lowest BCUT2D eigenvalue weighted by atomic mass is 10.1. The van der Waals surface area contributed by atoms with E-state index in [0.29, 0.717) is 25.3 Å². The predicted molar refractivity (Wildman–Crippen MR) is 118 cm³/mol. The highest BCUT2D eigenvalue weighted by atomic mass is 16.5. The van der Waals surface area contributed by atoms with Crippen LogP contribution in [0.1, 0.15) is 43.0 Å². The number of nitrogens with one attached hydrogen (secondary N) is 4. The molecule has 0 bridgehead atoms. The maximum Gasteiger partial charge on any atom is 0.328 e. The largest absolute Gasteiger partial charge is 0.507 e. The van der Waals surface area contributed by atoms with E-state index >= 15 is 0 Å². The zero-order valence-electron chi connectivity index (χ0n) is 18.1. The summed E-state index contributed by atoms with van der Waals surface area (Å²) in [6.45, 7) is 4.07. The molecular weight excluding hydrogens is 418 g/mol. The summed E-state index contributed by atoms with van der Waals surface area (Å²) in [5.74, 6) is -1.49. The minimum absolute atomic E-state index is 0.0293. The lowest BCUT2D eigenvalue weighted by Gasteiger charge is -2.16. The highest BCUT2D eigenvalue weighted by Crippen LogP contribution is 2.23. The predicted octanol–water partition coefficient (Wildman–Crippen LogP) is 0.199. The van der Waals surface area contributed by atoms with Crippen LogP contribution in [0.15, 0.2) is 23.2 Å². The fraction of sp³-hybridized carbons (Fsp3) is 0.524. The topological polar surface area (TPSA) is 161 Å². The number of hydrogen-bond acceptors (Lipinski definition) is 8.